The number of nitrogens with two attached hydrogens (primary N) is 1. The third kappa shape index (κ3) is 5.27. The standard InChI is InChI=1S/C12H20N2O4/c1-8(5-11(13)16)6-12(17)14-9-3-2-4-18-7-10(9)15/h8-9H,2-7H2,1H3,(H2,13,16)(H,14,17)/t8-,9-/m0/s1. The molecular weight excluding hydrogens is 236 g/mol. The van der Waals surface area contributed by atoms with Crippen molar-refractivity contribution in [2.45, 2.75) is 38.6 Å². The number of hydrogen-bond acceptors (Lipinski definition) is 4. The third-order valence-corrected chi connectivity index (χ3v) is 2.83. The Bertz CT molecular complexity index is 330. The monoisotopic (exact) mass is 256 g/mol. The van der Waals surface area contributed by atoms with Crippen LogP contribution >= 0.6 is 0 Å². The zero-order valence-electron chi connectivity index (χ0n) is 10.6. The highest BCUT2D eigenvalue weighted by molar-refractivity contribution is 5.90. The lowest BCUT2D eigenvalue weighted by Crippen LogP contribution is -2.42. The van der Waals surface area contributed by atoms with Crippen molar-refractivity contribution in [1.82, 2.24) is 5.32 Å². The van der Waals surface area contributed by atoms with Gasteiger partial charge in [0, 0.05) is 19.4 Å². The van der Waals surface area contributed by atoms with Crippen molar-refractivity contribution in [3.63, 3.8) is 0 Å². The molecule has 3 N–H and O–H groups in total. The van der Waals surface area contributed by atoms with E-state index in [4.69, 9.17) is 10.5 Å². The highest BCUT2D eigenvalue weighted by Crippen LogP contribution is 2.09. The van der Waals surface area contributed by atoms with Gasteiger partial charge >= 0.3 is 0 Å². The van der Waals surface area contributed by atoms with Gasteiger partial charge in [-0.25, -0.2) is 0 Å². The first kappa shape index (κ1) is 14.6. The summed E-state index contributed by atoms with van der Waals surface area (Å²) < 4.78 is 5.09. The molecule has 1 aliphatic rings. The van der Waals surface area contributed by atoms with Crippen LogP contribution in [-0.4, -0.2) is 36.9 Å². The van der Waals surface area contributed by atoms with E-state index < -0.39 is 11.9 Å². The van der Waals surface area contributed by atoms with Crippen LogP contribution in [0.15, 0.2) is 0 Å². The van der Waals surface area contributed by atoms with E-state index in [-0.39, 0.29) is 37.1 Å². The molecule has 0 saturated carbocycles. The molecule has 0 unspecified atom stereocenters. The second kappa shape index (κ2) is 7.10. The lowest BCUT2D eigenvalue weighted by Gasteiger charge is -2.16. The van der Waals surface area contributed by atoms with Crippen LogP contribution in [0, 0.1) is 5.92 Å². The minimum atomic E-state index is -0.458. The van der Waals surface area contributed by atoms with Crippen LogP contribution in [0.1, 0.15) is 32.6 Å². The molecular formula is C12H20N2O4. The molecule has 1 fully saturated rings. The minimum Gasteiger partial charge on any atom is -0.374 e. The molecule has 0 aromatic rings. The summed E-state index contributed by atoms with van der Waals surface area (Å²) in [6, 6.07) is -0.458. The van der Waals surface area contributed by atoms with Gasteiger partial charge in [0.2, 0.25) is 11.8 Å². The predicted molar refractivity (Wildman–Crippen MR) is 64.6 cm³/mol. The molecule has 2 amide bonds. The SMILES string of the molecule is C[C@@H](CC(N)=O)CC(=O)N[C@H]1CCCOCC1=O. The van der Waals surface area contributed by atoms with E-state index in [9.17, 15) is 14.4 Å². The smallest absolute Gasteiger partial charge is 0.220 e. The van der Waals surface area contributed by atoms with E-state index in [1.54, 1.807) is 6.92 Å². The molecule has 1 saturated heterocycles. The number of amides is 2. The average molecular weight is 256 g/mol. The third-order valence-electron chi connectivity index (χ3n) is 2.83. The fourth-order valence-corrected chi connectivity index (χ4v) is 1.96. The quantitative estimate of drug-likeness (QED) is 0.708. The molecule has 2 atom stereocenters. The lowest BCUT2D eigenvalue weighted by atomic mass is 10.0. The Morgan fingerprint density at radius 3 is 2.89 bits per heavy atom. The Morgan fingerprint density at radius 2 is 2.22 bits per heavy atom. The Balaban J connectivity index is 2.38. The summed E-state index contributed by atoms with van der Waals surface area (Å²) in [5.41, 5.74) is 5.05. The van der Waals surface area contributed by atoms with E-state index >= 15 is 0 Å². The highest BCUT2D eigenvalue weighted by atomic mass is 16.5. The number of Topliss-reactive ketones (excluding diaryl/α,β-unsaturated/α-hetero) is 1. The molecule has 102 valence electrons. The van der Waals surface area contributed by atoms with Gasteiger partial charge in [0.15, 0.2) is 5.78 Å². The molecule has 1 heterocycles. The van der Waals surface area contributed by atoms with Crippen molar-refractivity contribution >= 4 is 17.6 Å². The first-order valence-corrected chi connectivity index (χ1v) is 6.17. The van der Waals surface area contributed by atoms with Gasteiger partial charge in [-0.15, -0.1) is 0 Å². The van der Waals surface area contributed by atoms with Crippen molar-refractivity contribution in [1.29, 1.82) is 0 Å². The molecule has 0 aromatic heterocycles. The first-order chi connectivity index (χ1) is 8.49. The number of ketones is 1. The predicted octanol–water partition coefficient (Wildman–Crippen LogP) is -0.248. The zero-order valence-corrected chi connectivity index (χ0v) is 10.6. The molecule has 1 aliphatic heterocycles. The zero-order chi connectivity index (χ0) is 13.5. The number of rotatable bonds is 5. The van der Waals surface area contributed by atoms with Crippen molar-refractivity contribution in [2.24, 2.45) is 11.7 Å². The highest BCUT2D eigenvalue weighted by Gasteiger charge is 2.23. The van der Waals surface area contributed by atoms with Crippen LogP contribution in [0.4, 0.5) is 0 Å². The summed E-state index contributed by atoms with van der Waals surface area (Å²) in [6.07, 6.45) is 1.74. The van der Waals surface area contributed by atoms with Crippen LogP contribution in [-0.2, 0) is 19.1 Å². The fraction of sp³-hybridized carbons (Fsp3) is 0.750. The minimum absolute atomic E-state index is 0.0573. The molecule has 6 heteroatoms. The van der Waals surface area contributed by atoms with Crippen molar-refractivity contribution in [3.8, 4) is 0 Å². The van der Waals surface area contributed by atoms with E-state index in [0.717, 1.165) is 6.42 Å². The number of primary amides is 1. The van der Waals surface area contributed by atoms with Crippen LogP contribution in [0.3, 0.4) is 0 Å². The van der Waals surface area contributed by atoms with E-state index in [1.807, 2.05) is 0 Å². The van der Waals surface area contributed by atoms with Crippen LogP contribution in [0.25, 0.3) is 0 Å². The van der Waals surface area contributed by atoms with Gasteiger partial charge in [0.25, 0.3) is 0 Å². The summed E-state index contributed by atoms with van der Waals surface area (Å²) in [6.45, 7) is 2.39. The average Bonchev–Trinajstić information content (AvgIpc) is 2.43. The van der Waals surface area contributed by atoms with Gasteiger partial charge in [-0.05, 0) is 18.8 Å². The van der Waals surface area contributed by atoms with Crippen LogP contribution in [0.2, 0.25) is 0 Å². The Morgan fingerprint density at radius 1 is 1.50 bits per heavy atom. The number of carbonyl (C=O) groups excluding carboxylic acids is 3. The van der Waals surface area contributed by atoms with E-state index in [2.05, 4.69) is 5.32 Å². The van der Waals surface area contributed by atoms with Crippen molar-refractivity contribution in [2.75, 3.05) is 13.2 Å². The summed E-state index contributed by atoms with van der Waals surface area (Å²) in [4.78, 5) is 34.0. The summed E-state index contributed by atoms with van der Waals surface area (Å²) in [5.74, 6) is -0.846. The fourth-order valence-electron chi connectivity index (χ4n) is 1.96. The molecule has 0 bridgehead atoms. The van der Waals surface area contributed by atoms with E-state index in [1.165, 1.54) is 0 Å². The molecule has 6 nitrogen and oxygen atoms in total. The molecule has 0 spiro atoms. The van der Waals surface area contributed by atoms with Crippen molar-refractivity contribution in [3.05, 3.63) is 0 Å². The molecule has 1 rings (SSSR count). The summed E-state index contributed by atoms with van der Waals surface area (Å²) >= 11 is 0. The van der Waals surface area contributed by atoms with Gasteiger partial charge in [-0.3, -0.25) is 14.4 Å². The Labute approximate surface area is 106 Å². The van der Waals surface area contributed by atoms with Gasteiger partial charge in [0.1, 0.15) is 6.61 Å². The van der Waals surface area contributed by atoms with Gasteiger partial charge in [-0.2, -0.15) is 0 Å². The maximum atomic E-state index is 11.7. The van der Waals surface area contributed by atoms with Gasteiger partial charge in [-0.1, -0.05) is 6.92 Å². The number of carbonyl (C=O) groups is 3. The number of hydrogen-bond donors (Lipinski definition) is 2. The van der Waals surface area contributed by atoms with Gasteiger partial charge < -0.3 is 15.8 Å². The van der Waals surface area contributed by atoms with Crippen molar-refractivity contribution < 1.29 is 19.1 Å². The van der Waals surface area contributed by atoms with Gasteiger partial charge in [0.05, 0.1) is 6.04 Å². The molecule has 18 heavy (non-hydrogen) atoms. The summed E-state index contributed by atoms with van der Waals surface area (Å²) in [5, 5.41) is 2.69. The number of ether oxygens (including phenoxy) is 1. The first-order valence-electron chi connectivity index (χ1n) is 6.17. The van der Waals surface area contributed by atoms with Crippen LogP contribution < -0.4 is 11.1 Å². The second-order valence-corrected chi connectivity index (χ2v) is 4.76. The second-order valence-electron chi connectivity index (χ2n) is 4.76. The molecule has 0 aliphatic carbocycles. The topological polar surface area (TPSA) is 98.5 Å². The largest absolute Gasteiger partial charge is 0.374 e. The number of nitrogens with one attached hydrogen (secondary N) is 1. The van der Waals surface area contributed by atoms with Crippen LogP contribution in [0.5, 0.6) is 0 Å². The molecule has 0 radical (unpaired) electrons. The molecule has 0 aromatic carbocycles. The lowest BCUT2D eigenvalue weighted by molar-refractivity contribution is -0.130. The Kier molecular flexibility index (Phi) is 5.77. The maximum Gasteiger partial charge on any atom is 0.220 e. The summed E-state index contributed by atoms with van der Waals surface area (Å²) in [7, 11) is 0. The Hall–Kier alpha value is -1.43. The van der Waals surface area contributed by atoms with E-state index in [0.29, 0.717) is 13.0 Å². The normalized spacial score (nSPS) is 22.1. The maximum absolute atomic E-state index is 11.7.